The van der Waals surface area contributed by atoms with Crippen LogP contribution in [0.4, 0.5) is 5.69 Å². The van der Waals surface area contributed by atoms with Crippen molar-refractivity contribution in [2.45, 2.75) is 24.1 Å². The Bertz CT molecular complexity index is 907. The number of halogens is 3. The molecule has 0 unspecified atom stereocenters. The highest BCUT2D eigenvalue weighted by Crippen LogP contribution is 2.59. The molecular weight excluding hydrogens is 455 g/mol. The molecule has 6 atom stereocenters. The van der Waals surface area contributed by atoms with Crippen molar-refractivity contribution in [2.24, 2.45) is 23.7 Å². The van der Waals surface area contributed by atoms with E-state index in [1.807, 2.05) is 0 Å². The largest absolute Gasteiger partial charge is 0.454 e. The third-order valence-corrected chi connectivity index (χ3v) is 8.00. The van der Waals surface area contributed by atoms with Gasteiger partial charge >= 0.3 is 5.97 Å². The minimum Gasteiger partial charge on any atom is -0.454 e. The normalized spacial score (nSPS) is 31.8. The number of hydrogen-bond donors (Lipinski definition) is 1. The first-order valence-corrected chi connectivity index (χ1v) is 10.8. The number of hydrogen-bond acceptors (Lipinski definition) is 5. The number of ether oxygens (including phenoxy) is 1. The number of nitrogens with one attached hydrogen (secondary N) is 1. The van der Waals surface area contributed by atoms with E-state index in [0.29, 0.717) is 22.7 Å². The molecule has 30 heavy (non-hydrogen) atoms. The molecule has 2 aliphatic carbocycles. The number of alkyl halides is 2. The second-order valence-electron chi connectivity index (χ2n) is 7.89. The molecule has 1 aromatic carbocycles. The SMILES string of the molecule is Cc1c(Cl)cccc1NC(=O)COC(=O)CN1C(=O)[C@@H]2[C@H]3C[C@@H]([C@H](Cl)[C@@H]3Cl)[C@@H]2C1=O. The standard InChI is InChI=1S/C20H19Cl3N2O5/c1-8-11(21)3-2-4-12(8)24-13(26)7-30-14(27)6-25-19(28)15-9-5-10(16(15)20(25)29)18(23)17(9)22/h2-4,9-10,15-18H,5-7H2,1H3,(H,24,26)/t9-,10-,15-,16+,17-,18+/m1/s1. The van der Waals surface area contributed by atoms with Crippen LogP contribution >= 0.6 is 34.8 Å². The number of nitrogens with zero attached hydrogens (tertiary/aromatic N) is 1. The van der Waals surface area contributed by atoms with Gasteiger partial charge in [0.1, 0.15) is 6.54 Å². The van der Waals surface area contributed by atoms with Crippen molar-refractivity contribution in [3.63, 3.8) is 0 Å². The Hall–Kier alpha value is -1.83. The highest BCUT2D eigenvalue weighted by Gasteiger charge is 2.66. The van der Waals surface area contributed by atoms with Crippen molar-refractivity contribution >= 4 is 64.2 Å². The van der Waals surface area contributed by atoms with Gasteiger partial charge in [-0.05, 0) is 42.9 Å². The molecule has 160 valence electrons. The second-order valence-corrected chi connectivity index (χ2v) is 9.30. The van der Waals surface area contributed by atoms with Gasteiger partial charge in [-0.15, -0.1) is 23.2 Å². The van der Waals surface area contributed by atoms with Gasteiger partial charge < -0.3 is 10.1 Å². The number of carbonyl (C=O) groups excluding carboxylic acids is 4. The first-order chi connectivity index (χ1) is 14.2. The van der Waals surface area contributed by atoms with Crippen molar-refractivity contribution in [2.75, 3.05) is 18.5 Å². The number of imide groups is 1. The lowest BCUT2D eigenvalue weighted by Gasteiger charge is -2.28. The molecule has 0 spiro atoms. The maximum atomic E-state index is 12.7. The van der Waals surface area contributed by atoms with E-state index in [-0.39, 0.29) is 22.6 Å². The lowest BCUT2D eigenvalue weighted by atomic mass is 9.80. The number of esters is 1. The van der Waals surface area contributed by atoms with E-state index < -0.39 is 48.7 Å². The molecule has 2 saturated carbocycles. The van der Waals surface area contributed by atoms with E-state index in [1.165, 1.54) is 0 Å². The van der Waals surface area contributed by atoms with Crippen LogP contribution in [0.25, 0.3) is 0 Å². The average Bonchev–Trinajstić information content (AvgIpc) is 3.31. The number of fused-ring (bicyclic) bond motifs is 5. The molecule has 0 aromatic heterocycles. The highest BCUT2D eigenvalue weighted by atomic mass is 35.5. The monoisotopic (exact) mass is 472 g/mol. The van der Waals surface area contributed by atoms with Crippen LogP contribution in [0.1, 0.15) is 12.0 Å². The number of rotatable bonds is 5. The van der Waals surface area contributed by atoms with Crippen LogP contribution in [-0.2, 0) is 23.9 Å². The summed E-state index contributed by atoms with van der Waals surface area (Å²) in [6.45, 7) is 0.662. The Balaban J connectivity index is 1.33. The van der Waals surface area contributed by atoms with E-state index >= 15 is 0 Å². The van der Waals surface area contributed by atoms with E-state index in [1.54, 1.807) is 25.1 Å². The number of carbonyl (C=O) groups is 4. The third kappa shape index (κ3) is 3.47. The minimum atomic E-state index is -0.841. The van der Waals surface area contributed by atoms with Gasteiger partial charge in [-0.3, -0.25) is 24.1 Å². The number of benzene rings is 1. The molecule has 3 amide bonds. The van der Waals surface area contributed by atoms with Gasteiger partial charge in [0.25, 0.3) is 5.91 Å². The van der Waals surface area contributed by atoms with E-state index in [0.717, 1.165) is 4.90 Å². The Kier molecular flexibility index (Phi) is 5.72. The molecule has 3 aliphatic rings. The van der Waals surface area contributed by atoms with Crippen LogP contribution in [-0.4, -0.2) is 52.5 Å². The quantitative estimate of drug-likeness (QED) is 0.403. The van der Waals surface area contributed by atoms with Crippen molar-refractivity contribution in [3.05, 3.63) is 28.8 Å². The fraction of sp³-hybridized carbons (Fsp3) is 0.500. The molecule has 1 saturated heterocycles. The third-order valence-electron chi connectivity index (χ3n) is 6.27. The highest BCUT2D eigenvalue weighted by molar-refractivity contribution is 6.32. The average molecular weight is 474 g/mol. The number of anilines is 1. The summed E-state index contributed by atoms with van der Waals surface area (Å²) in [6, 6.07) is 5.04. The fourth-order valence-corrected chi connectivity index (χ4v) is 5.88. The molecule has 2 bridgehead atoms. The van der Waals surface area contributed by atoms with Crippen LogP contribution in [0.15, 0.2) is 18.2 Å². The first kappa shape index (κ1) is 21.4. The maximum Gasteiger partial charge on any atom is 0.326 e. The zero-order valence-corrected chi connectivity index (χ0v) is 18.2. The molecule has 1 heterocycles. The van der Waals surface area contributed by atoms with Crippen LogP contribution < -0.4 is 5.32 Å². The molecule has 4 rings (SSSR count). The Morgan fingerprint density at radius 3 is 2.33 bits per heavy atom. The maximum absolute atomic E-state index is 12.7. The summed E-state index contributed by atoms with van der Waals surface area (Å²) in [5, 5.41) is 2.37. The molecule has 3 fully saturated rings. The summed E-state index contributed by atoms with van der Waals surface area (Å²) >= 11 is 18.6. The van der Waals surface area contributed by atoms with Gasteiger partial charge in [-0.2, -0.15) is 0 Å². The Labute approximate surface area is 188 Å². The zero-order valence-electron chi connectivity index (χ0n) is 15.9. The van der Waals surface area contributed by atoms with Gasteiger partial charge in [0.05, 0.1) is 22.6 Å². The van der Waals surface area contributed by atoms with Crippen molar-refractivity contribution < 1.29 is 23.9 Å². The fourth-order valence-electron chi connectivity index (χ4n) is 4.82. The lowest BCUT2D eigenvalue weighted by molar-refractivity contribution is -0.154. The summed E-state index contributed by atoms with van der Waals surface area (Å²) in [5.74, 6) is -3.60. The van der Waals surface area contributed by atoms with Gasteiger partial charge in [0, 0.05) is 10.7 Å². The first-order valence-electron chi connectivity index (χ1n) is 9.54. The second kappa shape index (κ2) is 8.02. The van der Waals surface area contributed by atoms with Crippen LogP contribution in [0.3, 0.4) is 0 Å². The Morgan fingerprint density at radius 2 is 1.73 bits per heavy atom. The molecule has 1 aliphatic heterocycles. The van der Waals surface area contributed by atoms with E-state index in [2.05, 4.69) is 5.32 Å². The summed E-state index contributed by atoms with van der Waals surface area (Å²) in [5.41, 5.74) is 1.19. The molecule has 1 N–H and O–H groups in total. The molecule has 7 nitrogen and oxygen atoms in total. The van der Waals surface area contributed by atoms with Crippen molar-refractivity contribution in [1.82, 2.24) is 4.90 Å². The molecular formula is C20H19Cl3N2O5. The van der Waals surface area contributed by atoms with Gasteiger partial charge in [0.15, 0.2) is 6.61 Å². The van der Waals surface area contributed by atoms with Crippen LogP contribution in [0.5, 0.6) is 0 Å². The predicted molar refractivity (Wildman–Crippen MR) is 110 cm³/mol. The van der Waals surface area contributed by atoms with Crippen molar-refractivity contribution in [3.8, 4) is 0 Å². The van der Waals surface area contributed by atoms with Gasteiger partial charge in [-0.25, -0.2) is 0 Å². The Morgan fingerprint density at radius 1 is 1.13 bits per heavy atom. The topological polar surface area (TPSA) is 92.8 Å². The van der Waals surface area contributed by atoms with Gasteiger partial charge in [0.2, 0.25) is 11.8 Å². The predicted octanol–water partition coefficient (Wildman–Crippen LogP) is 2.60. The van der Waals surface area contributed by atoms with Crippen molar-refractivity contribution in [1.29, 1.82) is 0 Å². The molecule has 0 radical (unpaired) electrons. The van der Waals surface area contributed by atoms with Crippen LogP contribution in [0.2, 0.25) is 5.02 Å². The summed E-state index contributed by atoms with van der Waals surface area (Å²) in [4.78, 5) is 50.6. The van der Waals surface area contributed by atoms with Crippen LogP contribution in [0, 0.1) is 30.6 Å². The zero-order chi connectivity index (χ0) is 21.7. The molecule has 10 heteroatoms. The summed E-state index contributed by atoms with van der Waals surface area (Å²) in [7, 11) is 0. The van der Waals surface area contributed by atoms with Gasteiger partial charge in [-0.1, -0.05) is 17.7 Å². The smallest absolute Gasteiger partial charge is 0.326 e. The number of likely N-dealkylation sites (tertiary alicyclic amines) is 1. The summed E-state index contributed by atoms with van der Waals surface area (Å²) < 4.78 is 4.96. The minimum absolute atomic E-state index is 0.159. The van der Waals surface area contributed by atoms with E-state index in [4.69, 9.17) is 39.5 Å². The van der Waals surface area contributed by atoms with E-state index in [9.17, 15) is 19.2 Å². The number of amides is 3. The summed E-state index contributed by atoms with van der Waals surface area (Å²) in [6.07, 6.45) is 0.649. The molecule has 1 aromatic rings. The lowest BCUT2D eigenvalue weighted by Crippen LogP contribution is -2.38.